The Morgan fingerprint density at radius 2 is 1.62 bits per heavy atom. The van der Waals surface area contributed by atoms with Crippen LogP contribution in [0.4, 0.5) is 11.4 Å². The van der Waals surface area contributed by atoms with Crippen molar-refractivity contribution in [3.63, 3.8) is 0 Å². The van der Waals surface area contributed by atoms with Gasteiger partial charge in [0.2, 0.25) is 5.91 Å². The molecule has 2 amide bonds. The van der Waals surface area contributed by atoms with Crippen LogP contribution in [0.15, 0.2) is 48.5 Å². The zero-order valence-electron chi connectivity index (χ0n) is 14.9. The highest BCUT2D eigenvalue weighted by molar-refractivity contribution is 6.04. The van der Waals surface area contributed by atoms with Gasteiger partial charge in [-0.25, -0.2) is 0 Å². The molecule has 2 aromatic rings. The van der Waals surface area contributed by atoms with E-state index in [1.54, 1.807) is 42.5 Å². The lowest BCUT2D eigenvalue weighted by Gasteiger charge is -2.09. The van der Waals surface area contributed by atoms with E-state index < -0.39 is 5.97 Å². The van der Waals surface area contributed by atoms with Crippen LogP contribution in [0.1, 0.15) is 43.5 Å². The Morgan fingerprint density at radius 1 is 0.962 bits per heavy atom. The second-order valence-electron chi connectivity index (χ2n) is 5.80. The van der Waals surface area contributed by atoms with Crippen molar-refractivity contribution in [1.29, 1.82) is 0 Å². The van der Waals surface area contributed by atoms with Gasteiger partial charge in [0, 0.05) is 30.3 Å². The predicted molar refractivity (Wildman–Crippen MR) is 100 cm³/mol. The van der Waals surface area contributed by atoms with E-state index in [0.29, 0.717) is 29.1 Å². The molecule has 2 N–H and O–H groups in total. The lowest BCUT2D eigenvalue weighted by atomic mass is 10.2. The monoisotopic (exact) mass is 354 g/mol. The number of ether oxygens (including phenoxy) is 1. The van der Waals surface area contributed by atoms with E-state index in [1.165, 1.54) is 13.0 Å². The minimum atomic E-state index is -0.445. The van der Waals surface area contributed by atoms with Gasteiger partial charge in [0.25, 0.3) is 5.91 Å². The van der Waals surface area contributed by atoms with Crippen molar-refractivity contribution >= 4 is 29.2 Å². The number of amides is 2. The van der Waals surface area contributed by atoms with E-state index >= 15 is 0 Å². The molecule has 0 unspecified atom stereocenters. The Balaban J connectivity index is 1.97. The van der Waals surface area contributed by atoms with E-state index in [1.807, 2.05) is 6.92 Å². The van der Waals surface area contributed by atoms with Crippen molar-refractivity contribution in [1.82, 2.24) is 0 Å². The van der Waals surface area contributed by atoms with Crippen molar-refractivity contribution in [2.24, 2.45) is 0 Å². The lowest BCUT2D eigenvalue weighted by Crippen LogP contribution is -2.13. The third-order valence-corrected chi connectivity index (χ3v) is 3.54. The van der Waals surface area contributed by atoms with Crippen LogP contribution < -0.4 is 15.4 Å². The number of nitrogens with one attached hydrogen (secondary N) is 2. The van der Waals surface area contributed by atoms with Gasteiger partial charge >= 0.3 is 5.97 Å². The first-order chi connectivity index (χ1) is 12.5. The molecule has 0 radical (unpaired) electrons. The van der Waals surface area contributed by atoms with Crippen LogP contribution in [-0.2, 0) is 9.59 Å². The number of hydrogen-bond acceptors (Lipinski definition) is 4. The Hall–Kier alpha value is -3.15. The van der Waals surface area contributed by atoms with Crippen molar-refractivity contribution in [3.05, 3.63) is 54.1 Å². The molecule has 2 aromatic carbocycles. The van der Waals surface area contributed by atoms with Gasteiger partial charge in [0.1, 0.15) is 5.75 Å². The van der Waals surface area contributed by atoms with E-state index in [9.17, 15) is 14.4 Å². The van der Waals surface area contributed by atoms with Crippen molar-refractivity contribution in [2.45, 2.75) is 33.1 Å². The SMILES string of the molecule is CCCCC(=O)Nc1ccc(NC(=O)c2cccc(OC(C)=O)c2)cc1. The summed E-state index contributed by atoms with van der Waals surface area (Å²) in [7, 11) is 0. The number of anilines is 2. The van der Waals surface area contributed by atoms with E-state index in [4.69, 9.17) is 4.74 Å². The van der Waals surface area contributed by atoms with Gasteiger partial charge in [-0.3, -0.25) is 14.4 Å². The summed E-state index contributed by atoms with van der Waals surface area (Å²) >= 11 is 0. The molecule has 0 aliphatic rings. The summed E-state index contributed by atoms with van der Waals surface area (Å²) in [6.45, 7) is 3.34. The van der Waals surface area contributed by atoms with Gasteiger partial charge in [-0.1, -0.05) is 19.4 Å². The van der Waals surface area contributed by atoms with Crippen LogP contribution >= 0.6 is 0 Å². The largest absolute Gasteiger partial charge is 0.427 e. The number of hydrogen-bond donors (Lipinski definition) is 2. The average Bonchev–Trinajstić information content (AvgIpc) is 2.61. The maximum atomic E-state index is 12.3. The van der Waals surface area contributed by atoms with Crippen molar-refractivity contribution in [3.8, 4) is 5.75 Å². The Kier molecular flexibility index (Phi) is 6.91. The van der Waals surface area contributed by atoms with Gasteiger partial charge < -0.3 is 15.4 Å². The summed E-state index contributed by atoms with van der Waals surface area (Å²) in [5, 5.41) is 5.58. The molecule has 0 atom stereocenters. The zero-order chi connectivity index (χ0) is 18.9. The Labute approximate surface area is 152 Å². The molecule has 0 saturated carbocycles. The first-order valence-corrected chi connectivity index (χ1v) is 8.47. The summed E-state index contributed by atoms with van der Waals surface area (Å²) < 4.78 is 4.98. The highest BCUT2D eigenvalue weighted by Crippen LogP contribution is 2.17. The van der Waals surface area contributed by atoms with Gasteiger partial charge in [0.15, 0.2) is 0 Å². The fourth-order valence-electron chi connectivity index (χ4n) is 2.27. The second kappa shape index (κ2) is 9.36. The maximum Gasteiger partial charge on any atom is 0.308 e. The summed E-state index contributed by atoms with van der Waals surface area (Å²) in [5.41, 5.74) is 1.65. The second-order valence-corrected chi connectivity index (χ2v) is 5.80. The maximum absolute atomic E-state index is 12.3. The van der Waals surface area contributed by atoms with Crippen LogP contribution in [0.3, 0.4) is 0 Å². The lowest BCUT2D eigenvalue weighted by molar-refractivity contribution is -0.131. The van der Waals surface area contributed by atoms with Crippen molar-refractivity contribution in [2.75, 3.05) is 10.6 Å². The van der Waals surface area contributed by atoms with E-state index in [-0.39, 0.29) is 11.8 Å². The van der Waals surface area contributed by atoms with Crippen LogP contribution in [0.5, 0.6) is 5.75 Å². The smallest absolute Gasteiger partial charge is 0.308 e. The molecule has 0 aliphatic heterocycles. The molecule has 0 fully saturated rings. The molecular formula is C20H22N2O4. The van der Waals surface area contributed by atoms with Gasteiger partial charge in [0.05, 0.1) is 0 Å². The molecule has 26 heavy (non-hydrogen) atoms. The number of carbonyl (C=O) groups excluding carboxylic acids is 3. The molecule has 136 valence electrons. The molecule has 0 spiro atoms. The predicted octanol–water partition coefficient (Wildman–Crippen LogP) is 3.99. The fourth-order valence-corrected chi connectivity index (χ4v) is 2.27. The third-order valence-electron chi connectivity index (χ3n) is 3.54. The van der Waals surface area contributed by atoms with Crippen LogP contribution in [0, 0.1) is 0 Å². The van der Waals surface area contributed by atoms with Crippen LogP contribution in [0.25, 0.3) is 0 Å². The topological polar surface area (TPSA) is 84.5 Å². The van der Waals surface area contributed by atoms with Gasteiger partial charge in [-0.05, 0) is 48.9 Å². The minimum absolute atomic E-state index is 0.0223. The van der Waals surface area contributed by atoms with Crippen LogP contribution in [0.2, 0.25) is 0 Å². The summed E-state index contributed by atoms with van der Waals surface area (Å²) in [6.07, 6.45) is 2.32. The molecule has 0 saturated heterocycles. The summed E-state index contributed by atoms with van der Waals surface area (Å²) in [4.78, 5) is 35.0. The zero-order valence-corrected chi connectivity index (χ0v) is 14.9. The normalized spacial score (nSPS) is 10.1. The van der Waals surface area contributed by atoms with Crippen LogP contribution in [-0.4, -0.2) is 17.8 Å². The first kappa shape index (κ1) is 19.2. The summed E-state index contributed by atoms with van der Waals surface area (Å²) in [5.74, 6) is -0.473. The Morgan fingerprint density at radius 3 is 2.23 bits per heavy atom. The van der Waals surface area contributed by atoms with Gasteiger partial charge in [-0.15, -0.1) is 0 Å². The third kappa shape index (κ3) is 6.05. The Bertz CT molecular complexity index is 785. The molecule has 0 aliphatic carbocycles. The molecule has 6 heteroatoms. The molecule has 0 bridgehead atoms. The van der Waals surface area contributed by atoms with Gasteiger partial charge in [-0.2, -0.15) is 0 Å². The molecule has 0 aromatic heterocycles. The molecule has 2 rings (SSSR count). The molecule has 6 nitrogen and oxygen atoms in total. The number of unbranched alkanes of at least 4 members (excludes halogenated alkanes) is 1. The van der Waals surface area contributed by atoms with E-state index in [0.717, 1.165) is 12.8 Å². The fraction of sp³-hybridized carbons (Fsp3) is 0.250. The molecular weight excluding hydrogens is 332 g/mol. The number of benzene rings is 2. The minimum Gasteiger partial charge on any atom is -0.427 e. The van der Waals surface area contributed by atoms with Crippen molar-refractivity contribution < 1.29 is 19.1 Å². The first-order valence-electron chi connectivity index (χ1n) is 8.47. The highest BCUT2D eigenvalue weighted by atomic mass is 16.5. The standard InChI is InChI=1S/C20H22N2O4/c1-3-4-8-19(24)21-16-9-11-17(12-10-16)22-20(25)15-6-5-7-18(13-15)26-14(2)23/h5-7,9-13H,3-4,8H2,1-2H3,(H,21,24)(H,22,25). The number of carbonyl (C=O) groups is 3. The highest BCUT2D eigenvalue weighted by Gasteiger charge is 2.09. The average molecular weight is 354 g/mol. The number of rotatable bonds is 7. The molecule has 0 heterocycles. The number of esters is 1. The summed E-state index contributed by atoms with van der Waals surface area (Å²) in [6, 6.07) is 13.3. The quantitative estimate of drug-likeness (QED) is 0.581. The van der Waals surface area contributed by atoms with E-state index in [2.05, 4.69) is 10.6 Å².